The van der Waals surface area contributed by atoms with Crippen LogP contribution in [0.1, 0.15) is 29.0 Å². The lowest BCUT2D eigenvalue weighted by Gasteiger charge is -2.31. The van der Waals surface area contributed by atoms with E-state index in [1.807, 2.05) is 12.1 Å². The average molecular weight is 388 g/mol. The minimum Gasteiger partial charge on any atom is -0.493 e. The van der Waals surface area contributed by atoms with Gasteiger partial charge in [0, 0.05) is 12.1 Å². The van der Waals surface area contributed by atoms with E-state index in [9.17, 15) is 4.79 Å². The first-order valence-electron chi connectivity index (χ1n) is 9.47. The number of methoxy groups -OCH3 is 3. The molecule has 7 heteroatoms. The van der Waals surface area contributed by atoms with Gasteiger partial charge in [-0.1, -0.05) is 0 Å². The van der Waals surface area contributed by atoms with Crippen LogP contribution in [0.3, 0.4) is 0 Å². The number of likely N-dealkylation sites (tertiary alicyclic amines) is 1. The van der Waals surface area contributed by atoms with Crippen molar-refractivity contribution in [3.05, 3.63) is 41.9 Å². The van der Waals surface area contributed by atoms with Crippen LogP contribution in [-0.4, -0.2) is 51.8 Å². The first-order valence-corrected chi connectivity index (χ1v) is 9.47. The fourth-order valence-electron chi connectivity index (χ4n) is 3.52. The van der Waals surface area contributed by atoms with Crippen molar-refractivity contribution in [2.45, 2.75) is 19.4 Å². The largest absolute Gasteiger partial charge is 0.493 e. The molecule has 3 rings (SSSR count). The van der Waals surface area contributed by atoms with Gasteiger partial charge in [-0.3, -0.25) is 9.69 Å². The van der Waals surface area contributed by atoms with Crippen LogP contribution in [0.4, 0.5) is 0 Å². The summed E-state index contributed by atoms with van der Waals surface area (Å²) < 4.78 is 21.4. The molecule has 0 bridgehead atoms. The average Bonchev–Trinajstić information content (AvgIpc) is 3.24. The Morgan fingerprint density at radius 1 is 1.14 bits per heavy atom. The Balaban J connectivity index is 1.52. The second-order valence-electron chi connectivity index (χ2n) is 6.92. The SMILES string of the molecule is COc1cc(C(=O)NCC2CCN(Cc3ccco3)CC2)cc(OC)c1OC. The molecule has 0 unspecified atom stereocenters. The number of nitrogens with zero attached hydrogens (tertiary/aromatic N) is 1. The molecule has 1 aliphatic heterocycles. The number of carbonyl (C=O) groups excluding carboxylic acids is 1. The highest BCUT2D eigenvalue weighted by molar-refractivity contribution is 5.95. The summed E-state index contributed by atoms with van der Waals surface area (Å²) in [6, 6.07) is 7.26. The summed E-state index contributed by atoms with van der Waals surface area (Å²) in [5.41, 5.74) is 0.491. The van der Waals surface area contributed by atoms with Crippen LogP contribution in [0.5, 0.6) is 17.2 Å². The van der Waals surface area contributed by atoms with Gasteiger partial charge in [-0.25, -0.2) is 0 Å². The minimum absolute atomic E-state index is 0.141. The Bertz CT molecular complexity index is 742. The molecule has 0 radical (unpaired) electrons. The van der Waals surface area contributed by atoms with Gasteiger partial charge in [0.2, 0.25) is 5.75 Å². The molecule has 1 aromatic carbocycles. The third-order valence-electron chi connectivity index (χ3n) is 5.14. The maximum absolute atomic E-state index is 12.6. The Hall–Kier alpha value is -2.67. The maximum atomic E-state index is 12.6. The van der Waals surface area contributed by atoms with Crippen LogP contribution in [0.2, 0.25) is 0 Å². The van der Waals surface area contributed by atoms with Gasteiger partial charge in [-0.2, -0.15) is 0 Å². The number of benzene rings is 1. The van der Waals surface area contributed by atoms with Gasteiger partial charge in [0.25, 0.3) is 5.91 Å². The molecule has 0 saturated carbocycles. The van der Waals surface area contributed by atoms with E-state index in [-0.39, 0.29) is 5.91 Å². The highest BCUT2D eigenvalue weighted by Crippen LogP contribution is 2.38. The van der Waals surface area contributed by atoms with Crippen molar-refractivity contribution in [3.63, 3.8) is 0 Å². The van der Waals surface area contributed by atoms with E-state index in [0.29, 0.717) is 35.3 Å². The van der Waals surface area contributed by atoms with Crippen LogP contribution in [0.15, 0.2) is 34.9 Å². The second-order valence-corrected chi connectivity index (χ2v) is 6.92. The van der Waals surface area contributed by atoms with Crippen LogP contribution < -0.4 is 19.5 Å². The molecule has 1 aliphatic rings. The summed E-state index contributed by atoms with van der Waals surface area (Å²) in [5.74, 6) is 2.74. The molecule has 1 saturated heterocycles. The fraction of sp³-hybridized carbons (Fsp3) is 0.476. The molecule has 0 spiro atoms. The normalized spacial score (nSPS) is 15.2. The van der Waals surface area contributed by atoms with Crippen molar-refractivity contribution in [1.29, 1.82) is 0 Å². The number of piperidine rings is 1. The van der Waals surface area contributed by atoms with Crippen molar-refractivity contribution in [2.75, 3.05) is 41.0 Å². The number of nitrogens with one attached hydrogen (secondary N) is 1. The first kappa shape index (κ1) is 20.1. The molecule has 1 aromatic heterocycles. The highest BCUT2D eigenvalue weighted by atomic mass is 16.5. The molecule has 28 heavy (non-hydrogen) atoms. The smallest absolute Gasteiger partial charge is 0.251 e. The van der Waals surface area contributed by atoms with Crippen molar-refractivity contribution < 1.29 is 23.4 Å². The zero-order valence-corrected chi connectivity index (χ0v) is 16.7. The molecule has 1 N–H and O–H groups in total. The summed E-state index contributed by atoms with van der Waals surface area (Å²) in [7, 11) is 4.61. The van der Waals surface area contributed by atoms with Gasteiger partial charge in [-0.05, 0) is 56.1 Å². The summed E-state index contributed by atoms with van der Waals surface area (Å²) in [5, 5.41) is 3.04. The van der Waals surface area contributed by atoms with E-state index >= 15 is 0 Å². The monoisotopic (exact) mass is 388 g/mol. The van der Waals surface area contributed by atoms with Crippen LogP contribution in [0, 0.1) is 5.92 Å². The van der Waals surface area contributed by atoms with E-state index in [0.717, 1.165) is 38.2 Å². The third kappa shape index (κ3) is 4.78. The molecule has 7 nitrogen and oxygen atoms in total. The molecular formula is C21H28N2O5. The summed E-state index contributed by atoms with van der Waals surface area (Å²) in [6.07, 6.45) is 3.81. The summed E-state index contributed by atoms with van der Waals surface area (Å²) >= 11 is 0. The van der Waals surface area contributed by atoms with E-state index in [1.165, 1.54) is 14.2 Å². The molecule has 1 fully saturated rings. The number of carbonyl (C=O) groups is 1. The Kier molecular flexibility index (Phi) is 6.81. The second kappa shape index (κ2) is 9.50. The van der Waals surface area contributed by atoms with Crippen molar-refractivity contribution in [1.82, 2.24) is 10.2 Å². The molecule has 152 valence electrons. The molecule has 0 aliphatic carbocycles. The standard InChI is InChI=1S/C21H28N2O5/c1-25-18-11-16(12-19(26-2)20(18)27-3)21(24)22-13-15-6-8-23(9-7-15)14-17-5-4-10-28-17/h4-5,10-12,15H,6-9,13-14H2,1-3H3,(H,22,24). The van der Waals surface area contributed by atoms with E-state index in [2.05, 4.69) is 10.2 Å². The van der Waals surface area contributed by atoms with Gasteiger partial charge in [-0.15, -0.1) is 0 Å². The predicted octanol–water partition coefficient (Wildman–Crippen LogP) is 2.95. The van der Waals surface area contributed by atoms with E-state index in [4.69, 9.17) is 18.6 Å². The number of hydrogen-bond donors (Lipinski definition) is 1. The number of amides is 1. The lowest BCUT2D eigenvalue weighted by Crippen LogP contribution is -2.38. The number of ether oxygens (including phenoxy) is 3. The summed E-state index contributed by atoms with van der Waals surface area (Å²) in [6.45, 7) is 3.51. The molecule has 2 aromatic rings. The van der Waals surface area contributed by atoms with Crippen LogP contribution >= 0.6 is 0 Å². The third-order valence-corrected chi connectivity index (χ3v) is 5.14. The van der Waals surface area contributed by atoms with E-state index < -0.39 is 0 Å². The highest BCUT2D eigenvalue weighted by Gasteiger charge is 2.22. The molecule has 1 amide bonds. The molecule has 2 heterocycles. The Labute approximate surface area is 165 Å². The van der Waals surface area contributed by atoms with Gasteiger partial charge in [0.1, 0.15) is 5.76 Å². The van der Waals surface area contributed by atoms with Gasteiger partial charge < -0.3 is 23.9 Å². The minimum atomic E-state index is -0.141. The number of rotatable bonds is 8. The number of furan rings is 1. The van der Waals surface area contributed by atoms with Crippen molar-refractivity contribution in [2.24, 2.45) is 5.92 Å². The zero-order valence-electron chi connectivity index (χ0n) is 16.7. The topological polar surface area (TPSA) is 73.2 Å². The van der Waals surface area contributed by atoms with Crippen LogP contribution in [0.25, 0.3) is 0 Å². The summed E-state index contributed by atoms with van der Waals surface area (Å²) in [4.78, 5) is 15.0. The number of hydrogen-bond acceptors (Lipinski definition) is 6. The quantitative estimate of drug-likeness (QED) is 0.750. The molecule has 0 atom stereocenters. The van der Waals surface area contributed by atoms with Crippen molar-refractivity contribution in [3.8, 4) is 17.2 Å². The lowest BCUT2D eigenvalue weighted by atomic mass is 9.96. The lowest BCUT2D eigenvalue weighted by molar-refractivity contribution is 0.0933. The van der Waals surface area contributed by atoms with Crippen molar-refractivity contribution >= 4 is 5.91 Å². The maximum Gasteiger partial charge on any atom is 0.251 e. The zero-order chi connectivity index (χ0) is 19.9. The van der Waals surface area contributed by atoms with Gasteiger partial charge >= 0.3 is 0 Å². The Morgan fingerprint density at radius 2 is 1.82 bits per heavy atom. The molecular weight excluding hydrogens is 360 g/mol. The fourth-order valence-corrected chi connectivity index (χ4v) is 3.52. The first-order chi connectivity index (χ1) is 13.6. The van der Waals surface area contributed by atoms with Gasteiger partial charge in [0.05, 0.1) is 34.1 Å². The predicted molar refractivity (Wildman–Crippen MR) is 105 cm³/mol. The van der Waals surface area contributed by atoms with Gasteiger partial charge in [0.15, 0.2) is 11.5 Å². The Morgan fingerprint density at radius 3 is 2.36 bits per heavy atom. The van der Waals surface area contributed by atoms with Crippen LogP contribution in [-0.2, 0) is 6.54 Å². The van der Waals surface area contributed by atoms with E-state index in [1.54, 1.807) is 25.5 Å².